The van der Waals surface area contributed by atoms with E-state index in [1.54, 1.807) is 13.0 Å². The molecule has 1 aliphatic rings. The molecule has 1 aromatic rings. The van der Waals surface area contributed by atoms with E-state index in [9.17, 15) is 8.42 Å². The third-order valence-corrected chi connectivity index (χ3v) is 5.47. The van der Waals surface area contributed by atoms with Crippen LogP contribution in [0.2, 0.25) is 5.02 Å². The lowest BCUT2D eigenvalue weighted by molar-refractivity contribution is 0.427. The lowest BCUT2D eigenvalue weighted by Crippen LogP contribution is -2.35. The molecule has 1 aliphatic heterocycles. The van der Waals surface area contributed by atoms with E-state index in [1.807, 2.05) is 6.92 Å². The summed E-state index contributed by atoms with van der Waals surface area (Å²) in [5.41, 5.74) is 7.80. The van der Waals surface area contributed by atoms with E-state index in [2.05, 4.69) is 6.08 Å². The summed E-state index contributed by atoms with van der Waals surface area (Å²) in [7, 11) is -3.54. The summed E-state index contributed by atoms with van der Waals surface area (Å²) in [6.07, 6.45) is 2.80. The van der Waals surface area contributed by atoms with E-state index in [0.29, 0.717) is 29.4 Å². The molecule has 0 aliphatic carbocycles. The standard InChI is InChI=1S/C13H17ClN2O2S/c1-9-4-3-5-16(8-9)19(17,18)13-7-11(14)6-12(15)10(13)2/h4,6-7H,3,5,8,15H2,1-2H3. The number of hydrogen-bond donors (Lipinski definition) is 1. The summed E-state index contributed by atoms with van der Waals surface area (Å²) in [5, 5.41) is 0.339. The fourth-order valence-corrected chi connectivity index (χ4v) is 4.23. The maximum absolute atomic E-state index is 12.6. The van der Waals surface area contributed by atoms with Gasteiger partial charge in [-0.1, -0.05) is 23.3 Å². The van der Waals surface area contributed by atoms with Crippen LogP contribution in [0.3, 0.4) is 0 Å². The zero-order chi connectivity index (χ0) is 14.2. The number of benzene rings is 1. The molecule has 0 spiro atoms. The molecule has 0 saturated heterocycles. The smallest absolute Gasteiger partial charge is 0.243 e. The third-order valence-electron chi connectivity index (χ3n) is 3.28. The van der Waals surface area contributed by atoms with Gasteiger partial charge in [0, 0.05) is 23.8 Å². The molecule has 2 rings (SSSR count). The van der Waals surface area contributed by atoms with Crippen LogP contribution in [-0.4, -0.2) is 25.8 Å². The van der Waals surface area contributed by atoms with E-state index in [0.717, 1.165) is 12.0 Å². The molecule has 1 aromatic carbocycles. The van der Waals surface area contributed by atoms with Gasteiger partial charge in [-0.15, -0.1) is 0 Å². The summed E-state index contributed by atoms with van der Waals surface area (Å²) in [6.45, 7) is 4.55. The Balaban J connectivity index is 2.48. The monoisotopic (exact) mass is 300 g/mol. The number of nitrogen functional groups attached to an aromatic ring is 1. The van der Waals surface area contributed by atoms with Crippen LogP contribution in [-0.2, 0) is 10.0 Å². The SMILES string of the molecule is CC1=CCCN(S(=O)(=O)c2cc(Cl)cc(N)c2C)C1. The van der Waals surface area contributed by atoms with Crippen LogP contribution in [0.1, 0.15) is 18.9 Å². The number of halogens is 1. The highest BCUT2D eigenvalue weighted by Crippen LogP contribution is 2.29. The lowest BCUT2D eigenvalue weighted by atomic mass is 10.2. The Kier molecular flexibility index (Phi) is 3.90. The van der Waals surface area contributed by atoms with Crippen molar-refractivity contribution in [1.29, 1.82) is 0 Å². The number of nitrogens with zero attached hydrogens (tertiary/aromatic N) is 1. The highest BCUT2D eigenvalue weighted by molar-refractivity contribution is 7.89. The Labute approximate surface area is 118 Å². The maximum Gasteiger partial charge on any atom is 0.243 e. The van der Waals surface area contributed by atoms with E-state index in [1.165, 1.54) is 10.4 Å². The van der Waals surface area contributed by atoms with E-state index >= 15 is 0 Å². The van der Waals surface area contributed by atoms with Crippen LogP contribution in [0.25, 0.3) is 0 Å². The van der Waals surface area contributed by atoms with Gasteiger partial charge >= 0.3 is 0 Å². The molecule has 0 radical (unpaired) electrons. The van der Waals surface area contributed by atoms with Gasteiger partial charge in [-0.05, 0) is 38.0 Å². The number of nitrogens with two attached hydrogens (primary N) is 1. The molecule has 0 fully saturated rings. The summed E-state index contributed by atoms with van der Waals surface area (Å²) >= 11 is 5.92. The maximum atomic E-state index is 12.6. The first-order valence-corrected chi connectivity index (χ1v) is 7.85. The molecule has 104 valence electrons. The quantitative estimate of drug-likeness (QED) is 0.674. The van der Waals surface area contributed by atoms with Gasteiger partial charge in [0.2, 0.25) is 10.0 Å². The van der Waals surface area contributed by atoms with Crippen molar-refractivity contribution in [3.8, 4) is 0 Å². The van der Waals surface area contributed by atoms with Gasteiger partial charge in [0.05, 0.1) is 4.90 Å². The number of anilines is 1. The first-order chi connectivity index (χ1) is 8.82. The van der Waals surface area contributed by atoms with Crippen molar-refractivity contribution in [2.45, 2.75) is 25.2 Å². The summed E-state index contributed by atoms with van der Waals surface area (Å²) in [6, 6.07) is 3.04. The Morgan fingerprint density at radius 2 is 2.00 bits per heavy atom. The predicted molar refractivity (Wildman–Crippen MR) is 77.7 cm³/mol. The third kappa shape index (κ3) is 2.78. The lowest BCUT2D eigenvalue weighted by Gasteiger charge is -2.26. The Morgan fingerprint density at radius 1 is 1.32 bits per heavy atom. The van der Waals surface area contributed by atoms with Gasteiger partial charge < -0.3 is 5.73 Å². The van der Waals surface area contributed by atoms with E-state index in [4.69, 9.17) is 17.3 Å². The van der Waals surface area contributed by atoms with Crippen LogP contribution in [0.5, 0.6) is 0 Å². The van der Waals surface area contributed by atoms with Crippen LogP contribution < -0.4 is 5.73 Å². The van der Waals surface area contributed by atoms with E-state index in [-0.39, 0.29) is 4.90 Å². The van der Waals surface area contributed by atoms with E-state index < -0.39 is 10.0 Å². The number of sulfonamides is 1. The van der Waals surface area contributed by atoms with Crippen LogP contribution >= 0.6 is 11.6 Å². The number of hydrogen-bond acceptors (Lipinski definition) is 3. The minimum atomic E-state index is -3.54. The molecule has 4 nitrogen and oxygen atoms in total. The highest BCUT2D eigenvalue weighted by atomic mass is 35.5. The normalized spacial score (nSPS) is 17.3. The predicted octanol–water partition coefficient (Wildman–Crippen LogP) is 2.57. The Hall–Kier alpha value is -1.04. The first kappa shape index (κ1) is 14.4. The zero-order valence-electron chi connectivity index (χ0n) is 11.0. The summed E-state index contributed by atoms with van der Waals surface area (Å²) < 4.78 is 26.8. The van der Waals surface area contributed by atoms with Crippen molar-refractivity contribution in [3.63, 3.8) is 0 Å². The summed E-state index contributed by atoms with van der Waals surface area (Å²) in [5.74, 6) is 0. The van der Waals surface area contributed by atoms with Crippen LogP contribution in [0.15, 0.2) is 28.7 Å². The molecular weight excluding hydrogens is 284 g/mol. The van der Waals surface area contributed by atoms with Gasteiger partial charge in [0.25, 0.3) is 0 Å². The van der Waals surface area contributed by atoms with Gasteiger partial charge in [0.15, 0.2) is 0 Å². The van der Waals surface area contributed by atoms with Crippen LogP contribution in [0.4, 0.5) is 5.69 Å². The molecular formula is C13H17ClN2O2S. The minimum absolute atomic E-state index is 0.201. The summed E-state index contributed by atoms with van der Waals surface area (Å²) in [4.78, 5) is 0.201. The largest absolute Gasteiger partial charge is 0.398 e. The highest BCUT2D eigenvalue weighted by Gasteiger charge is 2.28. The second kappa shape index (κ2) is 5.15. The van der Waals surface area contributed by atoms with Gasteiger partial charge in [0.1, 0.15) is 0 Å². The molecule has 0 atom stereocenters. The topological polar surface area (TPSA) is 63.4 Å². The average molecular weight is 301 g/mol. The average Bonchev–Trinajstić information content (AvgIpc) is 2.33. The number of rotatable bonds is 2. The van der Waals surface area contributed by atoms with Crippen molar-refractivity contribution >= 4 is 27.3 Å². The minimum Gasteiger partial charge on any atom is -0.398 e. The van der Waals surface area contributed by atoms with Crippen molar-refractivity contribution in [1.82, 2.24) is 4.31 Å². The molecule has 0 saturated carbocycles. The second-order valence-electron chi connectivity index (χ2n) is 4.80. The van der Waals surface area contributed by atoms with Gasteiger partial charge in [-0.2, -0.15) is 4.31 Å². The van der Waals surface area contributed by atoms with Crippen molar-refractivity contribution in [2.75, 3.05) is 18.8 Å². The van der Waals surface area contributed by atoms with Crippen molar-refractivity contribution in [3.05, 3.63) is 34.4 Å². The molecule has 0 amide bonds. The molecule has 0 unspecified atom stereocenters. The van der Waals surface area contributed by atoms with Crippen molar-refractivity contribution < 1.29 is 8.42 Å². The zero-order valence-corrected chi connectivity index (χ0v) is 12.6. The molecule has 6 heteroatoms. The molecule has 0 aromatic heterocycles. The fourth-order valence-electron chi connectivity index (χ4n) is 2.16. The second-order valence-corrected chi connectivity index (χ2v) is 7.14. The molecule has 19 heavy (non-hydrogen) atoms. The Bertz CT molecular complexity index is 638. The Morgan fingerprint density at radius 3 is 2.63 bits per heavy atom. The molecule has 1 heterocycles. The van der Waals surface area contributed by atoms with Gasteiger partial charge in [-0.25, -0.2) is 8.42 Å². The molecule has 2 N–H and O–H groups in total. The molecule has 0 bridgehead atoms. The first-order valence-electron chi connectivity index (χ1n) is 6.04. The fraction of sp³-hybridized carbons (Fsp3) is 0.385. The van der Waals surface area contributed by atoms with Crippen LogP contribution in [0, 0.1) is 6.92 Å². The van der Waals surface area contributed by atoms with Gasteiger partial charge in [-0.3, -0.25) is 0 Å². The van der Waals surface area contributed by atoms with Crippen molar-refractivity contribution in [2.24, 2.45) is 0 Å².